The molecule has 1 rings (SSSR count). The minimum absolute atomic E-state index is 0.0986. The van der Waals surface area contributed by atoms with Crippen LogP contribution in [0.15, 0.2) is 24.3 Å². The molecule has 1 atom stereocenters. The zero-order valence-corrected chi connectivity index (χ0v) is 13.6. The van der Waals surface area contributed by atoms with E-state index in [9.17, 15) is 9.59 Å². The van der Waals surface area contributed by atoms with Gasteiger partial charge in [0.05, 0.1) is 0 Å². The molecule has 0 unspecified atom stereocenters. The summed E-state index contributed by atoms with van der Waals surface area (Å²) in [5, 5.41) is 2.99. The molecule has 0 saturated carbocycles. The van der Waals surface area contributed by atoms with Gasteiger partial charge in [0.25, 0.3) is 11.8 Å². The highest BCUT2D eigenvalue weighted by Crippen LogP contribution is 2.13. The van der Waals surface area contributed by atoms with E-state index in [1.54, 1.807) is 24.3 Å². The molecule has 0 aliphatic carbocycles. The van der Waals surface area contributed by atoms with Crippen LogP contribution in [0.25, 0.3) is 0 Å². The molecule has 0 heterocycles. The molecule has 5 nitrogen and oxygen atoms in total. The normalized spacial score (nSPS) is 12.0. The molecular formula is C17H26N2O3. The fraction of sp³-hybridized carbons (Fsp3) is 0.529. The van der Waals surface area contributed by atoms with Gasteiger partial charge in [-0.25, -0.2) is 0 Å². The number of hydrogen-bond acceptors (Lipinski definition) is 3. The van der Waals surface area contributed by atoms with Crippen LogP contribution in [0.3, 0.4) is 0 Å². The fourth-order valence-corrected chi connectivity index (χ4v) is 2.07. The summed E-state index contributed by atoms with van der Waals surface area (Å²) in [5.74, 6) is 0.576. The van der Waals surface area contributed by atoms with Crippen LogP contribution in [0.1, 0.15) is 50.4 Å². The Balaban J connectivity index is 2.43. The molecule has 0 aromatic heterocycles. The summed E-state index contributed by atoms with van der Waals surface area (Å²) < 4.78 is 5.15. The van der Waals surface area contributed by atoms with Crippen molar-refractivity contribution in [3.8, 4) is 5.75 Å². The number of primary amides is 1. The Morgan fingerprint density at radius 1 is 1.14 bits per heavy atom. The quantitative estimate of drug-likeness (QED) is 0.735. The van der Waals surface area contributed by atoms with E-state index in [-0.39, 0.29) is 18.6 Å². The highest BCUT2D eigenvalue weighted by Gasteiger charge is 2.10. The van der Waals surface area contributed by atoms with Gasteiger partial charge < -0.3 is 15.8 Å². The molecule has 0 aliphatic heterocycles. The van der Waals surface area contributed by atoms with E-state index in [2.05, 4.69) is 19.2 Å². The van der Waals surface area contributed by atoms with Gasteiger partial charge >= 0.3 is 0 Å². The first-order chi connectivity index (χ1) is 10.4. The lowest BCUT2D eigenvalue weighted by molar-refractivity contribution is -0.119. The highest BCUT2D eigenvalue weighted by molar-refractivity contribution is 5.94. The van der Waals surface area contributed by atoms with Crippen molar-refractivity contribution in [1.82, 2.24) is 5.32 Å². The van der Waals surface area contributed by atoms with Crippen molar-refractivity contribution in [3.63, 3.8) is 0 Å². The summed E-state index contributed by atoms with van der Waals surface area (Å²) in [4.78, 5) is 22.7. The summed E-state index contributed by atoms with van der Waals surface area (Å²) in [6, 6.07) is 6.80. The van der Waals surface area contributed by atoms with E-state index in [0.29, 0.717) is 17.2 Å². The summed E-state index contributed by atoms with van der Waals surface area (Å²) in [6.45, 7) is 6.25. The second-order valence-electron chi connectivity index (χ2n) is 5.98. The van der Waals surface area contributed by atoms with Crippen LogP contribution in [0.5, 0.6) is 5.75 Å². The number of carbonyl (C=O) groups is 2. The number of carbonyl (C=O) groups excluding carboxylic acids is 2. The summed E-state index contributed by atoms with van der Waals surface area (Å²) in [6.07, 6.45) is 3.26. The Bertz CT molecular complexity index is 483. The zero-order valence-electron chi connectivity index (χ0n) is 13.6. The van der Waals surface area contributed by atoms with Crippen LogP contribution in [0.2, 0.25) is 0 Å². The molecule has 3 N–H and O–H groups in total. The van der Waals surface area contributed by atoms with Crippen LogP contribution in [0.4, 0.5) is 0 Å². The number of ether oxygens (including phenoxy) is 1. The van der Waals surface area contributed by atoms with Gasteiger partial charge in [0, 0.05) is 11.6 Å². The number of rotatable bonds is 9. The minimum Gasteiger partial charge on any atom is -0.484 e. The van der Waals surface area contributed by atoms with Crippen LogP contribution in [-0.2, 0) is 4.79 Å². The Hall–Kier alpha value is -2.04. The number of amides is 2. The van der Waals surface area contributed by atoms with Crippen LogP contribution < -0.4 is 15.8 Å². The first kappa shape index (κ1) is 18.0. The molecule has 5 heteroatoms. The summed E-state index contributed by atoms with van der Waals surface area (Å²) in [5.41, 5.74) is 5.58. The fourth-order valence-electron chi connectivity index (χ4n) is 2.07. The Morgan fingerprint density at radius 2 is 1.77 bits per heavy atom. The molecule has 0 bridgehead atoms. The molecule has 0 fully saturated rings. The van der Waals surface area contributed by atoms with Crippen molar-refractivity contribution in [3.05, 3.63) is 29.8 Å². The second kappa shape index (κ2) is 9.07. The average Bonchev–Trinajstić information content (AvgIpc) is 2.45. The lowest BCUT2D eigenvalue weighted by Gasteiger charge is -2.14. The van der Waals surface area contributed by atoms with Crippen LogP contribution >= 0.6 is 0 Å². The largest absolute Gasteiger partial charge is 0.484 e. The van der Waals surface area contributed by atoms with Crippen molar-refractivity contribution in [2.45, 2.75) is 46.1 Å². The van der Waals surface area contributed by atoms with Gasteiger partial charge in [-0.15, -0.1) is 0 Å². The third kappa shape index (κ3) is 7.11. The maximum Gasteiger partial charge on any atom is 0.255 e. The van der Waals surface area contributed by atoms with Crippen molar-refractivity contribution in [2.24, 2.45) is 11.7 Å². The van der Waals surface area contributed by atoms with E-state index in [0.717, 1.165) is 12.8 Å². The van der Waals surface area contributed by atoms with Crippen molar-refractivity contribution in [2.75, 3.05) is 6.61 Å². The zero-order chi connectivity index (χ0) is 16.5. The smallest absolute Gasteiger partial charge is 0.255 e. The molecule has 1 aromatic carbocycles. The number of benzene rings is 1. The van der Waals surface area contributed by atoms with Gasteiger partial charge in [0.2, 0.25) is 0 Å². The highest BCUT2D eigenvalue weighted by atomic mass is 16.5. The van der Waals surface area contributed by atoms with E-state index >= 15 is 0 Å². The third-order valence-corrected chi connectivity index (χ3v) is 3.29. The van der Waals surface area contributed by atoms with Crippen molar-refractivity contribution in [1.29, 1.82) is 0 Å². The monoisotopic (exact) mass is 306 g/mol. The lowest BCUT2D eigenvalue weighted by atomic mass is 10.0. The second-order valence-corrected chi connectivity index (χ2v) is 5.98. The number of nitrogens with one attached hydrogen (secondary N) is 1. The molecular weight excluding hydrogens is 280 g/mol. The Kier molecular flexibility index (Phi) is 7.43. The lowest BCUT2D eigenvalue weighted by Crippen LogP contribution is -2.32. The predicted molar refractivity (Wildman–Crippen MR) is 86.7 cm³/mol. The van der Waals surface area contributed by atoms with Gasteiger partial charge in [-0.1, -0.05) is 26.7 Å². The van der Waals surface area contributed by atoms with E-state index in [1.165, 1.54) is 6.42 Å². The molecule has 0 spiro atoms. The van der Waals surface area contributed by atoms with Crippen molar-refractivity contribution < 1.29 is 14.3 Å². The Labute approximate surface area is 132 Å². The third-order valence-electron chi connectivity index (χ3n) is 3.29. The molecule has 122 valence electrons. The summed E-state index contributed by atoms with van der Waals surface area (Å²) in [7, 11) is 0. The molecule has 0 saturated heterocycles. The standard InChI is InChI=1S/C17H26N2O3/c1-12(2)5-4-6-13(3)19-17(21)14-7-9-15(10-8-14)22-11-16(18)20/h7-10,12-13H,4-6,11H2,1-3H3,(H2,18,20)(H,19,21)/t13-/m1/s1. The van der Waals surface area contributed by atoms with Gasteiger partial charge in [-0.05, 0) is 43.5 Å². The Morgan fingerprint density at radius 3 is 2.32 bits per heavy atom. The predicted octanol–water partition coefficient (Wildman–Crippen LogP) is 2.50. The first-order valence-electron chi connectivity index (χ1n) is 7.70. The first-order valence-corrected chi connectivity index (χ1v) is 7.70. The van der Waals surface area contributed by atoms with Gasteiger partial charge in [0.15, 0.2) is 6.61 Å². The van der Waals surface area contributed by atoms with E-state index in [4.69, 9.17) is 10.5 Å². The molecule has 0 aliphatic rings. The summed E-state index contributed by atoms with van der Waals surface area (Å²) >= 11 is 0. The maximum absolute atomic E-state index is 12.1. The number of nitrogens with two attached hydrogens (primary N) is 1. The van der Waals surface area contributed by atoms with Crippen molar-refractivity contribution >= 4 is 11.8 Å². The number of hydrogen-bond donors (Lipinski definition) is 2. The molecule has 1 aromatic rings. The molecule has 2 amide bonds. The van der Waals surface area contributed by atoms with Crippen LogP contribution in [-0.4, -0.2) is 24.5 Å². The molecule has 0 radical (unpaired) electrons. The van der Waals surface area contributed by atoms with Gasteiger partial charge in [-0.2, -0.15) is 0 Å². The SMILES string of the molecule is CC(C)CCC[C@@H](C)NC(=O)c1ccc(OCC(N)=O)cc1. The van der Waals surface area contributed by atoms with E-state index < -0.39 is 5.91 Å². The topological polar surface area (TPSA) is 81.4 Å². The minimum atomic E-state index is -0.531. The average molecular weight is 306 g/mol. The van der Waals surface area contributed by atoms with E-state index in [1.807, 2.05) is 6.92 Å². The van der Waals surface area contributed by atoms with Gasteiger partial charge in [0.1, 0.15) is 5.75 Å². The van der Waals surface area contributed by atoms with Gasteiger partial charge in [-0.3, -0.25) is 9.59 Å². The van der Waals surface area contributed by atoms with Crippen LogP contribution in [0, 0.1) is 5.92 Å². The maximum atomic E-state index is 12.1. The molecule has 22 heavy (non-hydrogen) atoms.